The lowest BCUT2D eigenvalue weighted by Crippen LogP contribution is -2.12. The van der Waals surface area contributed by atoms with Crippen LogP contribution in [0.3, 0.4) is 0 Å². The van der Waals surface area contributed by atoms with Crippen LogP contribution in [0.1, 0.15) is 11.1 Å². The van der Waals surface area contributed by atoms with Crippen molar-refractivity contribution in [1.29, 1.82) is 0 Å². The van der Waals surface area contributed by atoms with E-state index in [9.17, 15) is 9.90 Å². The fourth-order valence-electron chi connectivity index (χ4n) is 1.93. The van der Waals surface area contributed by atoms with Crippen molar-refractivity contribution in [2.24, 2.45) is 0 Å². The predicted octanol–water partition coefficient (Wildman–Crippen LogP) is 2.52. The zero-order chi connectivity index (χ0) is 13.4. The fourth-order valence-corrected chi connectivity index (χ4v) is 2.16. The first-order valence-corrected chi connectivity index (χ1v) is 5.87. The Labute approximate surface area is 109 Å². The Bertz CT molecular complexity index is 661. The molecule has 0 fully saturated rings. The average molecular weight is 268 g/mol. The monoisotopic (exact) mass is 267 g/mol. The SMILES string of the molecule is Cc1cc(=O)oc2c(CN(C)C)c(O)c(Cl)cc12. The maximum absolute atomic E-state index is 11.4. The highest BCUT2D eigenvalue weighted by atomic mass is 35.5. The molecule has 0 saturated carbocycles. The van der Waals surface area contributed by atoms with Crippen LogP contribution < -0.4 is 5.63 Å². The lowest BCUT2D eigenvalue weighted by molar-refractivity contribution is 0.383. The third-order valence-electron chi connectivity index (χ3n) is 2.74. The van der Waals surface area contributed by atoms with Crippen molar-refractivity contribution in [3.8, 4) is 5.75 Å². The van der Waals surface area contributed by atoms with Crippen molar-refractivity contribution >= 4 is 22.6 Å². The van der Waals surface area contributed by atoms with Crippen molar-refractivity contribution in [3.63, 3.8) is 0 Å². The van der Waals surface area contributed by atoms with Gasteiger partial charge in [0.15, 0.2) is 0 Å². The second-order valence-corrected chi connectivity index (χ2v) is 4.96. The Hall–Kier alpha value is -1.52. The molecular formula is C13H14ClNO3. The van der Waals surface area contributed by atoms with Crippen LogP contribution >= 0.6 is 11.6 Å². The predicted molar refractivity (Wildman–Crippen MR) is 71.3 cm³/mol. The van der Waals surface area contributed by atoms with E-state index < -0.39 is 5.63 Å². The molecule has 18 heavy (non-hydrogen) atoms. The number of phenols is 1. The van der Waals surface area contributed by atoms with Crippen molar-refractivity contribution in [2.45, 2.75) is 13.5 Å². The average Bonchev–Trinajstić information content (AvgIpc) is 2.26. The van der Waals surface area contributed by atoms with Crippen LogP contribution in [-0.2, 0) is 6.54 Å². The van der Waals surface area contributed by atoms with E-state index in [-0.39, 0.29) is 10.8 Å². The minimum absolute atomic E-state index is 0.0355. The van der Waals surface area contributed by atoms with Crippen molar-refractivity contribution < 1.29 is 9.52 Å². The van der Waals surface area contributed by atoms with Gasteiger partial charge in [-0.3, -0.25) is 0 Å². The number of rotatable bonds is 2. The number of hydrogen-bond acceptors (Lipinski definition) is 4. The van der Waals surface area contributed by atoms with Gasteiger partial charge in [0, 0.05) is 18.0 Å². The van der Waals surface area contributed by atoms with Crippen LogP contribution in [0.2, 0.25) is 5.02 Å². The van der Waals surface area contributed by atoms with Crippen LogP contribution in [0.5, 0.6) is 5.75 Å². The molecule has 2 rings (SSSR count). The third kappa shape index (κ3) is 2.21. The zero-order valence-corrected chi connectivity index (χ0v) is 11.2. The summed E-state index contributed by atoms with van der Waals surface area (Å²) in [5, 5.41) is 11.0. The van der Waals surface area contributed by atoms with Crippen molar-refractivity contribution in [2.75, 3.05) is 14.1 Å². The summed E-state index contributed by atoms with van der Waals surface area (Å²) in [6.07, 6.45) is 0. The lowest BCUT2D eigenvalue weighted by Gasteiger charge is -2.14. The van der Waals surface area contributed by atoms with Crippen molar-refractivity contribution in [3.05, 3.63) is 38.7 Å². The van der Waals surface area contributed by atoms with E-state index in [0.717, 1.165) is 10.9 Å². The molecule has 0 unspecified atom stereocenters. The van der Waals surface area contributed by atoms with Crippen molar-refractivity contribution in [1.82, 2.24) is 4.90 Å². The first-order chi connectivity index (χ1) is 8.40. The molecule has 0 bridgehead atoms. The molecule has 2 aromatic rings. The number of fused-ring (bicyclic) bond motifs is 1. The lowest BCUT2D eigenvalue weighted by atomic mass is 10.1. The standard InChI is InChI=1S/C13H14ClNO3/c1-7-4-11(16)18-13-8(7)5-10(14)12(17)9(13)6-15(2)3/h4-5,17H,6H2,1-3H3. The van der Waals surface area contributed by atoms with Gasteiger partial charge in [0.2, 0.25) is 0 Å². The maximum atomic E-state index is 11.4. The molecule has 5 heteroatoms. The number of halogens is 1. The summed E-state index contributed by atoms with van der Waals surface area (Å²) in [4.78, 5) is 13.3. The van der Waals surface area contributed by atoms with E-state index in [2.05, 4.69) is 0 Å². The van der Waals surface area contributed by atoms with Crippen LogP contribution in [0, 0.1) is 6.92 Å². The maximum Gasteiger partial charge on any atom is 0.336 e. The Morgan fingerprint density at radius 3 is 2.67 bits per heavy atom. The molecule has 0 atom stereocenters. The van der Waals surface area contributed by atoms with Crippen LogP contribution in [0.25, 0.3) is 11.0 Å². The molecular weight excluding hydrogens is 254 g/mol. The molecule has 0 spiro atoms. The molecule has 4 nitrogen and oxygen atoms in total. The highest BCUT2D eigenvalue weighted by Gasteiger charge is 2.16. The van der Waals surface area contributed by atoms with Gasteiger partial charge in [-0.15, -0.1) is 0 Å². The second-order valence-electron chi connectivity index (χ2n) is 4.55. The molecule has 0 aliphatic carbocycles. The number of aryl methyl sites for hydroxylation is 1. The second kappa shape index (κ2) is 4.63. The van der Waals surface area contributed by atoms with Gasteiger partial charge in [0.25, 0.3) is 0 Å². The molecule has 1 aromatic carbocycles. The quantitative estimate of drug-likeness (QED) is 0.850. The van der Waals surface area contributed by atoms with E-state index in [1.807, 2.05) is 25.9 Å². The van der Waals surface area contributed by atoms with Gasteiger partial charge in [-0.05, 0) is 32.6 Å². The van der Waals surface area contributed by atoms with Gasteiger partial charge < -0.3 is 14.4 Å². The molecule has 1 N–H and O–H groups in total. The Morgan fingerprint density at radius 1 is 1.39 bits per heavy atom. The molecule has 0 saturated heterocycles. The molecule has 0 aliphatic rings. The number of nitrogens with zero attached hydrogens (tertiary/aromatic N) is 1. The Morgan fingerprint density at radius 2 is 2.06 bits per heavy atom. The van der Waals surface area contributed by atoms with Gasteiger partial charge in [0.05, 0.1) is 10.6 Å². The zero-order valence-electron chi connectivity index (χ0n) is 10.5. The highest BCUT2D eigenvalue weighted by Crippen LogP contribution is 2.35. The molecule has 0 radical (unpaired) electrons. The van der Waals surface area contributed by atoms with Gasteiger partial charge in [-0.1, -0.05) is 11.6 Å². The molecule has 0 aliphatic heterocycles. The largest absolute Gasteiger partial charge is 0.506 e. The third-order valence-corrected chi connectivity index (χ3v) is 3.03. The normalized spacial score (nSPS) is 11.4. The van der Waals surface area contributed by atoms with Crippen LogP contribution in [-0.4, -0.2) is 24.1 Å². The minimum Gasteiger partial charge on any atom is -0.506 e. The first kappa shape index (κ1) is 12.9. The molecule has 1 aromatic heterocycles. The summed E-state index contributed by atoms with van der Waals surface area (Å²) in [5.41, 5.74) is 1.28. The summed E-state index contributed by atoms with van der Waals surface area (Å²) >= 11 is 6.00. The fraction of sp³-hybridized carbons (Fsp3) is 0.308. The van der Waals surface area contributed by atoms with Crippen LogP contribution in [0.4, 0.5) is 0 Å². The highest BCUT2D eigenvalue weighted by molar-refractivity contribution is 6.33. The van der Waals surface area contributed by atoms with E-state index >= 15 is 0 Å². The number of phenolic OH excluding ortho intramolecular Hbond substituents is 1. The minimum atomic E-state index is -0.429. The smallest absolute Gasteiger partial charge is 0.336 e. The van der Waals surface area contributed by atoms with Gasteiger partial charge in [-0.25, -0.2) is 4.79 Å². The van der Waals surface area contributed by atoms with E-state index in [1.54, 1.807) is 6.07 Å². The van der Waals surface area contributed by atoms with Gasteiger partial charge in [0.1, 0.15) is 11.3 Å². The summed E-state index contributed by atoms with van der Waals surface area (Å²) in [6, 6.07) is 3.03. The van der Waals surface area contributed by atoms with Gasteiger partial charge >= 0.3 is 5.63 Å². The van der Waals surface area contributed by atoms with E-state index in [4.69, 9.17) is 16.0 Å². The number of hydrogen-bond donors (Lipinski definition) is 1. The summed E-state index contributed by atoms with van der Waals surface area (Å²) in [5.74, 6) is -0.0355. The molecule has 1 heterocycles. The summed E-state index contributed by atoms with van der Waals surface area (Å²) < 4.78 is 5.21. The number of aromatic hydroxyl groups is 1. The first-order valence-electron chi connectivity index (χ1n) is 5.49. The molecule has 0 amide bonds. The van der Waals surface area contributed by atoms with E-state index in [1.165, 1.54) is 6.07 Å². The summed E-state index contributed by atoms with van der Waals surface area (Å²) in [7, 11) is 3.72. The van der Waals surface area contributed by atoms with Crippen LogP contribution in [0.15, 0.2) is 21.3 Å². The Kier molecular flexibility index (Phi) is 3.32. The topological polar surface area (TPSA) is 53.7 Å². The van der Waals surface area contributed by atoms with E-state index in [0.29, 0.717) is 17.7 Å². The number of benzene rings is 1. The molecule has 96 valence electrons. The Balaban J connectivity index is 2.87. The van der Waals surface area contributed by atoms with Gasteiger partial charge in [-0.2, -0.15) is 0 Å². The summed E-state index contributed by atoms with van der Waals surface area (Å²) in [6.45, 7) is 2.25.